The largest absolute Gasteiger partial charge is 0.313 e. The molecule has 0 aliphatic carbocycles. The number of rotatable bonds is 2. The Hall–Kier alpha value is -0.110. The van der Waals surface area contributed by atoms with E-state index in [1.165, 1.54) is 0 Å². The fourth-order valence-electron chi connectivity index (χ4n) is 1.53. The predicted octanol–water partition coefficient (Wildman–Crippen LogP) is 2.51. The minimum Gasteiger partial charge on any atom is -0.313 e. The lowest BCUT2D eigenvalue weighted by atomic mass is 9.85. The van der Waals surface area contributed by atoms with Crippen LogP contribution in [0.4, 0.5) is 4.39 Å². The molecule has 1 atom stereocenters. The Kier molecular flexibility index (Phi) is 2.77. The van der Waals surface area contributed by atoms with Gasteiger partial charge in [0.25, 0.3) is 0 Å². The van der Waals surface area contributed by atoms with Crippen LogP contribution in [0.1, 0.15) is 40.0 Å². The van der Waals surface area contributed by atoms with Crippen molar-refractivity contribution in [1.29, 1.82) is 0 Å². The van der Waals surface area contributed by atoms with Gasteiger partial charge in [-0.05, 0) is 31.2 Å². The van der Waals surface area contributed by atoms with Crippen molar-refractivity contribution in [3.8, 4) is 0 Å². The van der Waals surface area contributed by atoms with E-state index in [9.17, 15) is 4.39 Å². The number of alkyl halides is 1. The standard InChI is InChI=1S/C10H20FN/c1-9(2,3)4-5-10(11)6-7-12-8-10/h12H,4-8H2,1-3H3. The molecule has 0 aromatic carbocycles. The molecule has 1 N–H and O–H groups in total. The first-order chi connectivity index (χ1) is 5.41. The Morgan fingerprint density at radius 3 is 2.50 bits per heavy atom. The van der Waals surface area contributed by atoms with E-state index in [0.29, 0.717) is 19.4 Å². The quantitative estimate of drug-likeness (QED) is 0.676. The third kappa shape index (κ3) is 3.10. The SMILES string of the molecule is CC(C)(C)CCC1(F)CCNC1. The summed E-state index contributed by atoms with van der Waals surface area (Å²) in [4.78, 5) is 0. The van der Waals surface area contributed by atoms with Gasteiger partial charge in [0.1, 0.15) is 5.67 Å². The topological polar surface area (TPSA) is 12.0 Å². The zero-order valence-corrected chi connectivity index (χ0v) is 8.41. The second kappa shape index (κ2) is 3.33. The fourth-order valence-corrected chi connectivity index (χ4v) is 1.53. The molecule has 1 unspecified atom stereocenters. The molecule has 1 nitrogen and oxygen atoms in total. The summed E-state index contributed by atoms with van der Waals surface area (Å²) in [6, 6.07) is 0. The highest BCUT2D eigenvalue weighted by molar-refractivity contribution is 4.89. The molecule has 0 spiro atoms. The van der Waals surface area contributed by atoms with Crippen LogP contribution in [-0.2, 0) is 0 Å². The zero-order valence-electron chi connectivity index (χ0n) is 8.41. The van der Waals surface area contributed by atoms with Crippen LogP contribution >= 0.6 is 0 Å². The highest BCUT2D eigenvalue weighted by atomic mass is 19.1. The Morgan fingerprint density at radius 1 is 1.42 bits per heavy atom. The van der Waals surface area contributed by atoms with E-state index >= 15 is 0 Å². The normalized spacial score (nSPS) is 31.0. The Morgan fingerprint density at radius 2 is 2.08 bits per heavy atom. The van der Waals surface area contributed by atoms with Gasteiger partial charge in [0.15, 0.2) is 0 Å². The maximum Gasteiger partial charge on any atom is 0.124 e. The van der Waals surface area contributed by atoms with Crippen LogP contribution in [-0.4, -0.2) is 18.8 Å². The first-order valence-corrected chi connectivity index (χ1v) is 4.81. The van der Waals surface area contributed by atoms with E-state index in [-0.39, 0.29) is 5.41 Å². The van der Waals surface area contributed by atoms with Crippen molar-refractivity contribution in [2.45, 2.75) is 45.7 Å². The summed E-state index contributed by atoms with van der Waals surface area (Å²) in [5.41, 5.74) is -0.644. The van der Waals surface area contributed by atoms with Crippen molar-refractivity contribution >= 4 is 0 Å². The van der Waals surface area contributed by atoms with E-state index < -0.39 is 5.67 Å². The van der Waals surface area contributed by atoms with Gasteiger partial charge < -0.3 is 5.32 Å². The van der Waals surface area contributed by atoms with Gasteiger partial charge in [0, 0.05) is 6.54 Å². The van der Waals surface area contributed by atoms with Crippen molar-refractivity contribution in [1.82, 2.24) is 5.32 Å². The lowest BCUT2D eigenvalue weighted by Crippen LogP contribution is -2.27. The molecule has 1 aliphatic heterocycles. The number of hydrogen-bond donors (Lipinski definition) is 1. The van der Waals surface area contributed by atoms with Crippen molar-refractivity contribution < 1.29 is 4.39 Å². The van der Waals surface area contributed by atoms with Crippen LogP contribution in [0, 0.1) is 5.41 Å². The molecule has 2 heteroatoms. The molecule has 72 valence electrons. The van der Waals surface area contributed by atoms with E-state index in [4.69, 9.17) is 0 Å². The van der Waals surface area contributed by atoms with Crippen molar-refractivity contribution in [3.05, 3.63) is 0 Å². The van der Waals surface area contributed by atoms with Gasteiger partial charge in [-0.2, -0.15) is 0 Å². The smallest absolute Gasteiger partial charge is 0.124 e. The Balaban J connectivity index is 2.30. The molecule has 0 bridgehead atoms. The highest BCUT2D eigenvalue weighted by Crippen LogP contribution is 2.31. The van der Waals surface area contributed by atoms with Gasteiger partial charge >= 0.3 is 0 Å². The summed E-state index contributed by atoms with van der Waals surface area (Å²) in [5, 5.41) is 3.07. The van der Waals surface area contributed by atoms with E-state index in [2.05, 4.69) is 26.1 Å². The lowest BCUT2D eigenvalue weighted by molar-refractivity contribution is 0.150. The summed E-state index contributed by atoms with van der Waals surface area (Å²) >= 11 is 0. The maximum absolute atomic E-state index is 13.8. The maximum atomic E-state index is 13.8. The second-order valence-corrected chi connectivity index (χ2v) is 5.14. The third-order valence-electron chi connectivity index (χ3n) is 2.51. The summed E-state index contributed by atoms with van der Waals surface area (Å²) in [7, 11) is 0. The van der Waals surface area contributed by atoms with Gasteiger partial charge in [-0.15, -0.1) is 0 Å². The zero-order chi connectivity index (χ0) is 9.24. The molecular weight excluding hydrogens is 153 g/mol. The van der Waals surface area contributed by atoms with Crippen molar-refractivity contribution in [3.63, 3.8) is 0 Å². The molecule has 1 rings (SSSR count). The average Bonchev–Trinajstić information content (AvgIpc) is 2.32. The van der Waals surface area contributed by atoms with E-state index in [0.717, 1.165) is 13.0 Å². The van der Waals surface area contributed by atoms with Gasteiger partial charge in [-0.25, -0.2) is 4.39 Å². The van der Waals surface area contributed by atoms with Gasteiger partial charge in [-0.3, -0.25) is 0 Å². The summed E-state index contributed by atoms with van der Waals surface area (Å²) < 4.78 is 13.8. The van der Waals surface area contributed by atoms with Gasteiger partial charge in [-0.1, -0.05) is 20.8 Å². The van der Waals surface area contributed by atoms with E-state index in [1.807, 2.05) is 0 Å². The van der Waals surface area contributed by atoms with Crippen molar-refractivity contribution in [2.24, 2.45) is 5.41 Å². The first-order valence-electron chi connectivity index (χ1n) is 4.81. The van der Waals surface area contributed by atoms with Crippen LogP contribution in [0.3, 0.4) is 0 Å². The highest BCUT2D eigenvalue weighted by Gasteiger charge is 2.34. The molecule has 0 radical (unpaired) electrons. The lowest BCUT2D eigenvalue weighted by Gasteiger charge is -2.24. The number of hydrogen-bond acceptors (Lipinski definition) is 1. The van der Waals surface area contributed by atoms with Gasteiger partial charge in [0.2, 0.25) is 0 Å². The summed E-state index contributed by atoms with van der Waals surface area (Å²) in [6.07, 6.45) is 2.39. The number of nitrogens with one attached hydrogen (secondary N) is 1. The minimum absolute atomic E-state index is 0.266. The molecule has 0 aromatic rings. The Bertz CT molecular complexity index is 142. The third-order valence-corrected chi connectivity index (χ3v) is 2.51. The van der Waals surface area contributed by atoms with Crippen LogP contribution in [0.15, 0.2) is 0 Å². The first kappa shape index (κ1) is 9.97. The Labute approximate surface area is 74.7 Å². The van der Waals surface area contributed by atoms with Crippen LogP contribution in [0.2, 0.25) is 0 Å². The van der Waals surface area contributed by atoms with E-state index in [1.54, 1.807) is 0 Å². The monoisotopic (exact) mass is 173 g/mol. The van der Waals surface area contributed by atoms with Crippen LogP contribution in [0.5, 0.6) is 0 Å². The second-order valence-electron chi connectivity index (χ2n) is 5.14. The average molecular weight is 173 g/mol. The molecule has 0 aromatic heterocycles. The molecule has 12 heavy (non-hydrogen) atoms. The molecule has 1 heterocycles. The minimum atomic E-state index is -0.909. The van der Waals surface area contributed by atoms with Crippen LogP contribution in [0.25, 0.3) is 0 Å². The fraction of sp³-hybridized carbons (Fsp3) is 1.00. The van der Waals surface area contributed by atoms with Crippen molar-refractivity contribution in [2.75, 3.05) is 13.1 Å². The summed E-state index contributed by atoms with van der Waals surface area (Å²) in [5.74, 6) is 0. The number of halogens is 1. The summed E-state index contributed by atoms with van der Waals surface area (Å²) in [6.45, 7) is 7.90. The molecule has 1 saturated heterocycles. The predicted molar refractivity (Wildman–Crippen MR) is 50.0 cm³/mol. The molecule has 1 aliphatic rings. The molecule has 0 amide bonds. The molecule has 0 saturated carbocycles. The van der Waals surface area contributed by atoms with Crippen LogP contribution < -0.4 is 5.32 Å². The van der Waals surface area contributed by atoms with Gasteiger partial charge in [0.05, 0.1) is 0 Å². The molecule has 1 fully saturated rings. The molecular formula is C10H20FN.